The summed E-state index contributed by atoms with van der Waals surface area (Å²) in [6.07, 6.45) is 3.31. The summed E-state index contributed by atoms with van der Waals surface area (Å²) < 4.78 is 1.54. The van der Waals surface area contributed by atoms with Crippen molar-refractivity contribution in [3.05, 3.63) is 40.6 Å². The number of nitrogens with zero attached hydrogens (tertiary/aromatic N) is 2. The van der Waals surface area contributed by atoms with Crippen LogP contribution in [0.25, 0.3) is 0 Å². The summed E-state index contributed by atoms with van der Waals surface area (Å²) in [4.78, 5) is 12.1. The van der Waals surface area contributed by atoms with Crippen LogP contribution >= 0.6 is 23.2 Å². The highest BCUT2D eigenvalue weighted by atomic mass is 35.5. The van der Waals surface area contributed by atoms with Gasteiger partial charge in [0.25, 0.3) is 0 Å². The van der Waals surface area contributed by atoms with Gasteiger partial charge in [0, 0.05) is 17.4 Å². The predicted octanol–water partition coefficient (Wildman–Crippen LogP) is 2.97. The van der Waals surface area contributed by atoms with E-state index in [2.05, 4.69) is 10.4 Å². The molecule has 1 amide bonds. The number of hydrogen-bond acceptors (Lipinski definition) is 3. The van der Waals surface area contributed by atoms with E-state index in [0.717, 1.165) is 0 Å². The van der Waals surface area contributed by atoms with Crippen LogP contribution < -0.4 is 11.1 Å². The molecule has 0 bridgehead atoms. The molecule has 1 unspecified atom stereocenters. The highest BCUT2D eigenvalue weighted by Crippen LogP contribution is 2.32. The van der Waals surface area contributed by atoms with E-state index in [-0.39, 0.29) is 5.91 Å². The van der Waals surface area contributed by atoms with Gasteiger partial charge in [-0.25, -0.2) is 0 Å². The summed E-state index contributed by atoms with van der Waals surface area (Å²) in [6, 6.07) is 4.32. The maximum atomic E-state index is 12.1. The minimum Gasteiger partial charge on any atom is -0.397 e. The van der Waals surface area contributed by atoms with Crippen LogP contribution in [0.15, 0.2) is 30.6 Å². The number of anilines is 2. The predicted molar refractivity (Wildman–Crippen MR) is 76.4 cm³/mol. The minimum atomic E-state index is -0.471. The quantitative estimate of drug-likeness (QED) is 0.856. The smallest absolute Gasteiger partial charge is 0.249 e. The lowest BCUT2D eigenvalue weighted by Gasteiger charge is -2.15. The molecule has 0 spiro atoms. The zero-order valence-corrected chi connectivity index (χ0v) is 11.6. The van der Waals surface area contributed by atoms with Crippen molar-refractivity contribution in [2.24, 2.45) is 0 Å². The van der Waals surface area contributed by atoms with Crippen molar-refractivity contribution in [1.29, 1.82) is 0 Å². The number of nitrogens with one attached hydrogen (secondary N) is 1. The maximum Gasteiger partial charge on any atom is 0.249 e. The molecule has 19 heavy (non-hydrogen) atoms. The second-order valence-electron chi connectivity index (χ2n) is 4.00. The molecule has 1 aromatic carbocycles. The molecule has 0 aliphatic heterocycles. The number of carbonyl (C=O) groups is 1. The van der Waals surface area contributed by atoms with Gasteiger partial charge in [0.05, 0.1) is 16.4 Å². The van der Waals surface area contributed by atoms with E-state index in [1.165, 1.54) is 16.8 Å². The van der Waals surface area contributed by atoms with Crippen molar-refractivity contribution in [2.45, 2.75) is 13.0 Å². The first-order valence-corrected chi connectivity index (χ1v) is 6.29. The minimum absolute atomic E-state index is 0.264. The van der Waals surface area contributed by atoms with Gasteiger partial charge >= 0.3 is 0 Å². The number of benzene rings is 1. The van der Waals surface area contributed by atoms with E-state index in [1.54, 1.807) is 25.4 Å². The Bertz CT molecular complexity index is 575. The molecule has 2 aromatic rings. The van der Waals surface area contributed by atoms with Crippen molar-refractivity contribution >= 4 is 40.5 Å². The van der Waals surface area contributed by atoms with Crippen molar-refractivity contribution in [1.82, 2.24) is 9.78 Å². The first kappa shape index (κ1) is 13.7. The van der Waals surface area contributed by atoms with Crippen LogP contribution in [0, 0.1) is 0 Å². The fourth-order valence-electron chi connectivity index (χ4n) is 1.58. The Morgan fingerprint density at radius 3 is 2.79 bits per heavy atom. The summed E-state index contributed by atoms with van der Waals surface area (Å²) in [7, 11) is 0. The van der Waals surface area contributed by atoms with Crippen LogP contribution in [0.4, 0.5) is 11.4 Å². The third-order valence-corrected chi connectivity index (χ3v) is 3.15. The van der Waals surface area contributed by atoms with Gasteiger partial charge in [-0.2, -0.15) is 5.10 Å². The van der Waals surface area contributed by atoms with Gasteiger partial charge in [-0.15, -0.1) is 0 Å². The SMILES string of the molecule is CC(C(=O)Nc1c(N)cc(Cl)cc1Cl)n1cccn1. The van der Waals surface area contributed by atoms with Crippen LogP contribution in [-0.2, 0) is 4.79 Å². The summed E-state index contributed by atoms with van der Waals surface area (Å²) in [5.41, 5.74) is 6.46. The highest BCUT2D eigenvalue weighted by Gasteiger charge is 2.17. The van der Waals surface area contributed by atoms with Crippen LogP contribution in [0.5, 0.6) is 0 Å². The van der Waals surface area contributed by atoms with Gasteiger partial charge in [-0.3, -0.25) is 9.48 Å². The molecule has 3 N–H and O–H groups in total. The third kappa shape index (κ3) is 3.00. The average molecular weight is 299 g/mol. The number of nitrogens with two attached hydrogens (primary N) is 1. The molecule has 0 aliphatic rings. The Labute approximate surface area is 120 Å². The Morgan fingerprint density at radius 1 is 1.47 bits per heavy atom. The number of aromatic nitrogens is 2. The van der Waals surface area contributed by atoms with E-state index in [4.69, 9.17) is 28.9 Å². The molecule has 0 radical (unpaired) electrons. The molecule has 1 aromatic heterocycles. The Balaban J connectivity index is 2.20. The number of halogens is 2. The molecule has 1 heterocycles. The van der Waals surface area contributed by atoms with Gasteiger partial charge in [-0.05, 0) is 25.1 Å². The lowest BCUT2D eigenvalue weighted by Crippen LogP contribution is -2.24. The van der Waals surface area contributed by atoms with Crippen molar-refractivity contribution in [2.75, 3.05) is 11.1 Å². The fourth-order valence-corrected chi connectivity index (χ4v) is 2.14. The summed E-state index contributed by atoms with van der Waals surface area (Å²) in [5, 5.41) is 7.40. The third-order valence-electron chi connectivity index (χ3n) is 2.63. The van der Waals surface area contributed by atoms with Gasteiger partial charge in [0.15, 0.2) is 0 Å². The van der Waals surface area contributed by atoms with E-state index >= 15 is 0 Å². The van der Waals surface area contributed by atoms with Crippen LogP contribution in [0.1, 0.15) is 13.0 Å². The molecule has 0 aliphatic carbocycles. The first-order valence-electron chi connectivity index (χ1n) is 5.53. The lowest BCUT2D eigenvalue weighted by molar-refractivity contribution is -0.119. The molecule has 2 rings (SSSR count). The molecule has 100 valence electrons. The normalized spacial score (nSPS) is 12.2. The molecule has 5 nitrogen and oxygen atoms in total. The topological polar surface area (TPSA) is 72.9 Å². The summed E-state index contributed by atoms with van der Waals surface area (Å²) >= 11 is 11.8. The number of hydrogen-bond donors (Lipinski definition) is 2. The summed E-state index contributed by atoms with van der Waals surface area (Å²) in [6.45, 7) is 1.72. The van der Waals surface area contributed by atoms with E-state index in [9.17, 15) is 4.79 Å². The summed E-state index contributed by atoms with van der Waals surface area (Å²) in [5.74, 6) is -0.264. The highest BCUT2D eigenvalue weighted by molar-refractivity contribution is 6.37. The molecule has 0 fully saturated rings. The number of nitrogen functional groups attached to an aromatic ring is 1. The van der Waals surface area contributed by atoms with E-state index in [0.29, 0.717) is 21.4 Å². The molecule has 1 atom stereocenters. The standard InChI is InChI=1S/C12H12Cl2N4O/c1-7(18-4-2-3-16-18)12(19)17-11-9(14)5-8(13)6-10(11)15/h2-7H,15H2,1H3,(H,17,19). The zero-order valence-electron chi connectivity index (χ0n) is 10.1. The number of carbonyl (C=O) groups excluding carboxylic acids is 1. The lowest BCUT2D eigenvalue weighted by atomic mass is 10.2. The van der Waals surface area contributed by atoms with Gasteiger partial charge in [0.2, 0.25) is 5.91 Å². The zero-order chi connectivity index (χ0) is 14.0. The molecule has 0 saturated heterocycles. The molecule has 7 heteroatoms. The second-order valence-corrected chi connectivity index (χ2v) is 4.85. The Kier molecular flexibility index (Phi) is 3.97. The Morgan fingerprint density at radius 2 is 2.21 bits per heavy atom. The van der Waals surface area contributed by atoms with Crippen LogP contribution in [0.2, 0.25) is 10.0 Å². The Hall–Kier alpha value is -1.72. The molecular weight excluding hydrogens is 287 g/mol. The van der Waals surface area contributed by atoms with Crippen LogP contribution in [-0.4, -0.2) is 15.7 Å². The van der Waals surface area contributed by atoms with Gasteiger partial charge in [0.1, 0.15) is 6.04 Å². The second kappa shape index (κ2) is 5.50. The number of amides is 1. The van der Waals surface area contributed by atoms with E-state index < -0.39 is 6.04 Å². The number of rotatable bonds is 3. The molecular formula is C12H12Cl2N4O. The largest absolute Gasteiger partial charge is 0.397 e. The van der Waals surface area contributed by atoms with Crippen LogP contribution in [0.3, 0.4) is 0 Å². The molecule has 0 saturated carbocycles. The monoisotopic (exact) mass is 298 g/mol. The average Bonchev–Trinajstić information content (AvgIpc) is 2.86. The maximum absolute atomic E-state index is 12.1. The van der Waals surface area contributed by atoms with Gasteiger partial charge in [-0.1, -0.05) is 23.2 Å². The van der Waals surface area contributed by atoms with Crippen molar-refractivity contribution < 1.29 is 4.79 Å². The fraction of sp³-hybridized carbons (Fsp3) is 0.167. The first-order chi connectivity index (χ1) is 8.99. The van der Waals surface area contributed by atoms with Gasteiger partial charge < -0.3 is 11.1 Å². The van der Waals surface area contributed by atoms with Crippen molar-refractivity contribution in [3.8, 4) is 0 Å². The van der Waals surface area contributed by atoms with Crippen molar-refractivity contribution in [3.63, 3.8) is 0 Å². The van der Waals surface area contributed by atoms with E-state index in [1.807, 2.05) is 0 Å².